The number of likely N-dealkylation sites (tertiary alicyclic amines) is 1. The Morgan fingerprint density at radius 3 is 2.96 bits per heavy atom. The van der Waals surface area contributed by atoms with Crippen molar-refractivity contribution in [3.05, 3.63) is 47.4 Å². The number of aryl methyl sites for hydroxylation is 1. The minimum absolute atomic E-state index is 0.265. The van der Waals surface area contributed by atoms with Crippen LogP contribution < -0.4 is 5.32 Å². The van der Waals surface area contributed by atoms with Crippen LogP contribution in [-0.2, 0) is 6.54 Å². The van der Waals surface area contributed by atoms with Crippen LogP contribution in [0.5, 0.6) is 0 Å². The maximum absolute atomic E-state index is 13.0. The maximum Gasteiger partial charge on any atom is 0.141 e. The smallest absolute Gasteiger partial charge is 0.141 e. The van der Waals surface area contributed by atoms with Gasteiger partial charge in [-0.1, -0.05) is 0 Å². The van der Waals surface area contributed by atoms with Crippen molar-refractivity contribution in [1.29, 1.82) is 0 Å². The molecule has 3 heterocycles. The van der Waals surface area contributed by atoms with Gasteiger partial charge in [-0.25, -0.2) is 14.4 Å². The fourth-order valence-electron chi connectivity index (χ4n) is 3.09. The molecule has 1 saturated heterocycles. The average molecular weight is 315 g/mol. The molecule has 6 heteroatoms. The highest BCUT2D eigenvalue weighted by Crippen LogP contribution is 2.32. The lowest BCUT2D eigenvalue weighted by atomic mass is 10.1. The van der Waals surface area contributed by atoms with Gasteiger partial charge >= 0.3 is 0 Å². The van der Waals surface area contributed by atoms with Crippen LogP contribution in [-0.4, -0.2) is 32.9 Å². The van der Waals surface area contributed by atoms with Crippen LogP contribution in [0, 0.1) is 12.7 Å². The van der Waals surface area contributed by atoms with Crippen LogP contribution in [0.25, 0.3) is 0 Å². The summed E-state index contributed by atoms with van der Waals surface area (Å²) in [6, 6.07) is 5.52. The molecule has 2 aromatic rings. The second-order valence-electron chi connectivity index (χ2n) is 5.85. The highest BCUT2D eigenvalue weighted by Gasteiger charge is 2.28. The van der Waals surface area contributed by atoms with E-state index >= 15 is 0 Å². The summed E-state index contributed by atoms with van der Waals surface area (Å²) in [7, 11) is 0. The SMILES string of the molecule is CCNc1cc(C2CCCN2Cc2ccc(F)cn2)nc(C)n1. The van der Waals surface area contributed by atoms with E-state index in [1.807, 2.05) is 13.0 Å². The second-order valence-corrected chi connectivity index (χ2v) is 5.85. The zero-order valence-electron chi connectivity index (χ0n) is 13.6. The van der Waals surface area contributed by atoms with Crippen molar-refractivity contribution in [2.24, 2.45) is 0 Å². The van der Waals surface area contributed by atoms with E-state index in [0.717, 1.165) is 49.0 Å². The minimum Gasteiger partial charge on any atom is -0.370 e. The van der Waals surface area contributed by atoms with E-state index in [-0.39, 0.29) is 11.9 Å². The summed E-state index contributed by atoms with van der Waals surface area (Å²) in [4.78, 5) is 15.6. The Morgan fingerprint density at radius 1 is 1.35 bits per heavy atom. The van der Waals surface area contributed by atoms with Crippen molar-refractivity contribution in [3.8, 4) is 0 Å². The molecule has 0 spiro atoms. The van der Waals surface area contributed by atoms with E-state index in [0.29, 0.717) is 6.54 Å². The lowest BCUT2D eigenvalue weighted by molar-refractivity contribution is 0.241. The van der Waals surface area contributed by atoms with Gasteiger partial charge in [-0.15, -0.1) is 0 Å². The quantitative estimate of drug-likeness (QED) is 0.919. The number of nitrogens with zero attached hydrogens (tertiary/aromatic N) is 4. The Morgan fingerprint density at radius 2 is 2.22 bits per heavy atom. The first-order valence-corrected chi connectivity index (χ1v) is 8.09. The van der Waals surface area contributed by atoms with E-state index in [1.165, 1.54) is 12.3 Å². The van der Waals surface area contributed by atoms with Crippen molar-refractivity contribution >= 4 is 5.82 Å². The summed E-state index contributed by atoms with van der Waals surface area (Å²) >= 11 is 0. The summed E-state index contributed by atoms with van der Waals surface area (Å²) in [6.07, 6.45) is 3.48. The van der Waals surface area contributed by atoms with Gasteiger partial charge in [0, 0.05) is 19.2 Å². The molecule has 1 fully saturated rings. The van der Waals surface area contributed by atoms with Crippen LogP contribution in [0.2, 0.25) is 0 Å². The zero-order chi connectivity index (χ0) is 16.2. The summed E-state index contributed by atoms with van der Waals surface area (Å²) < 4.78 is 13.0. The number of rotatable bonds is 5. The van der Waals surface area contributed by atoms with E-state index in [2.05, 4.69) is 32.1 Å². The van der Waals surface area contributed by atoms with Crippen molar-refractivity contribution in [1.82, 2.24) is 19.9 Å². The van der Waals surface area contributed by atoms with E-state index in [9.17, 15) is 4.39 Å². The molecule has 0 amide bonds. The zero-order valence-corrected chi connectivity index (χ0v) is 13.6. The summed E-state index contributed by atoms with van der Waals surface area (Å²) in [5.74, 6) is 1.36. The van der Waals surface area contributed by atoms with Crippen molar-refractivity contribution in [2.75, 3.05) is 18.4 Å². The van der Waals surface area contributed by atoms with Gasteiger partial charge in [0.1, 0.15) is 17.5 Å². The average Bonchev–Trinajstić information content (AvgIpc) is 2.97. The lowest BCUT2D eigenvalue weighted by Gasteiger charge is -2.24. The first-order chi connectivity index (χ1) is 11.2. The molecule has 1 N–H and O–H groups in total. The van der Waals surface area contributed by atoms with E-state index in [1.54, 1.807) is 6.07 Å². The minimum atomic E-state index is -0.298. The van der Waals surface area contributed by atoms with Crippen molar-refractivity contribution < 1.29 is 4.39 Å². The van der Waals surface area contributed by atoms with Gasteiger partial charge in [0.05, 0.1) is 23.6 Å². The Balaban J connectivity index is 1.79. The standard InChI is InChI=1S/C17H22FN5/c1-3-19-17-9-15(21-12(2)22-17)16-5-4-8-23(16)11-14-7-6-13(18)10-20-14/h6-7,9-10,16H,3-5,8,11H2,1-2H3,(H,19,21,22). The fraction of sp³-hybridized carbons (Fsp3) is 0.471. The molecule has 1 aliphatic heterocycles. The molecule has 1 aliphatic rings. The molecule has 1 atom stereocenters. The molecule has 1 unspecified atom stereocenters. The second kappa shape index (κ2) is 7.00. The topological polar surface area (TPSA) is 53.9 Å². The Bertz CT molecular complexity index is 659. The molecule has 0 saturated carbocycles. The molecule has 0 aliphatic carbocycles. The number of pyridine rings is 1. The normalized spacial score (nSPS) is 18.3. The van der Waals surface area contributed by atoms with Gasteiger partial charge < -0.3 is 5.32 Å². The number of hydrogen-bond acceptors (Lipinski definition) is 5. The number of hydrogen-bond donors (Lipinski definition) is 1. The predicted molar refractivity (Wildman–Crippen MR) is 87.5 cm³/mol. The van der Waals surface area contributed by atoms with Gasteiger partial charge in [-0.2, -0.15) is 0 Å². The van der Waals surface area contributed by atoms with Crippen LogP contribution in [0.1, 0.15) is 43.0 Å². The third-order valence-corrected chi connectivity index (χ3v) is 4.07. The molecule has 0 bridgehead atoms. The maximum atomic E-state index is 13.0. The number of halogens is 1. The molecule has 0 radical (unpaired) electrons. The van der Waals surface area contributed by atoms with Crippen LogP contribution in [0.3, 0.4) is 0 Å². The number of nitrogens with one attached hydrogen (secondary N) is 1. The summed E-state index contributed by atoms with van der Waals surface area (Å²) in [5.41, 5.74) is 1.93. The molecule has 122 valence electrons. The fourth-order valence-corrected chi connectivity index (χ4v) is 3.09. The Labute approximate surface area is 136 Å². The first kappa shape index (κ1) is 15.8. The molecule has 3 rings (SSSR count). The van der Waals surface area contributed by atoms with Gasteiger partial charge in [0.25, 0.3) is 0 Å². The monoisotopic (exact) mass is 315 g/mol. The highest BCUT2D eigenvalue weighted by molar-refractivity contribution is 5.37. The van der Waals surface area contributed by atoms with Gasteiger partial charge in [0.2, 0.25) is 0 Å². The molecular weight excluding hydrogens is 293 g/mol. The third-order valence-electron chi connectivity index (χ3n) is 4.07. The molecular formula is C17H22FN5. The third kappa shape index (κ3) is 3.82. The van der Waals surface area contributed by atoms with Crippen molar-refractivity contribution in [3.63, 3.8) is 0 Å². The molecule has 23 heavy (non-hydrogen) atoms. The Hall–Kier alpha value is -2.08. The lowest BCUT2D eigenvalue weighted by Crippen LogP contribution is -2.24. The molecule has 5 nitrogen and oxygen atoms in total. The number of aromatic nitrogens is 3. The van der Waals surface area contributed by atoms with Gasteiger partial charge in [0.15, 0.2) is 0 Å². The van der Waals surface area contributed by atoms with Crippen LogP contribution in [0.4, 0.5) is 10.2 Å². The van der Waals surface area contributed by atoms with E-state index < -0.39 is 0 Å². The highest BCUT2D eigenvalue weighted by atomic mass is 19.1. The van der Waals surface area contributed by atoms with E-state index in [4.69, 9.17) is 0 Å². The summed E-state index contributed by atoms with van der Waals surface area (Å²) in [5, 5.41) is 3.26. The molecule has 2 aromatic heterocycles. The van der Waals surface area contributed by atoms with Gasteiger partial charge in [-0.05, 0) is 45.4 Å². The first-order valence-electron chi connectivity index (χ1n) is 8.09. The Kier molecular flexibility index (Phi) is 4.81. The van der Waals surface area contributed by atoms with Crippen LogP contribution in [0.15, 0.2) is 24.4 Å². The largest absolute Gasteiger partial charge is 0.370 e. The summed E-state index contributed by atoms with van der Waals surface area (Å²) in [6.45, 7) is 6.53. The molecule has 0 aromatic carbocycles. The predicted octanol–water partition coefficient (Wildman–Crippen LogP) is 3.09. The van der Waals surface area contributed by atoms with Gasteiger partial charge in [-0.3, -0.25) is 9.88 Å². The van der Waals surface area contributed by atoms with Crippen LogP contribution >= 0.6 is 0 Å². The van der Waals surface area contributed by atoms with Crippen molar-refractivity contribution in [2.45, 2.75) is 39.3 Å². The number of anilines is 1.